The number of carbonyl (C=O) groups is 1. The number of hydrogen-bond donors (Lipinski definition) is 2. The molecule has 0 spiro atoms. The third-order valence-electron chi connectivity index (χ3n) is 5.20. The van der Waals surface area contributed by atoms with Crippen LogP contribution in [0.3, 0.4) is 0 Å². The zero-order chi connectivity index (χ0) is 18.6. The minimum absolute atomic E-state index is 0.0949. The van der Waals surface area contributed by atoms with E-state index in [1.165, 1.54) is 19.0 Å². The maximum absolute atomic E-state index is 13.1. The second kappa shape index (κ2) is 7.76. The van der Waals surface area contributed by atoms with Crippen LogP contribution >= 0.6 is 0 Å². The Morgan fingerprint density at radius 2 is 1.67 bits per heavy atom. The van der Waals surface area contributed by atoms with Gasteiger partial charge in [0.2, 0.25) is 0 Å². The number of amides is 1. The lowest BCUT2D eigenvalue weighted by Crippen LogP contribution is -2.37. The lowest BCUT2D eigenvalue weighted by molar-refractivity contribution is 0.0928. The average Bonchev–Trinajstić information content (AvgIpc) is 3.22. The molecule has 2 aromatic carbocycles. The summed E-state index contributed by atoms with van der Waals surface area (Å²) in [5, 5.41) is 4.39. The first kappa shape index (κ1) is 17.5. The Balaban J connectivity index is 1.64. The van der Waals surface area contributed by atoms with Gasteiger partial charge in [-0.2, -0.15) is 0 Å². The van der Waals surface area contributed by atoms with Crippen LogP contribution < -0.4 is 10.9 Å². The SMILES string of the molecule is O=C(NC(CN1CCCC1)c1ccccc1)c1c[nH]c(=O)c2ccccc12. The van der Waals surface area contributed by atoms with E-state index < -0.39 is 0 Å². The van der Waals surface area contributed by atoms with Crippen LogP contribution in [0.2, 0.25) is 0 Å². The highest BCUT2D eigenvalue weighted by Crippen LogP contribution is 2.20. The molecule has 0 bridgehead atoms. The van der Waals surface area contributed by atoms with Crippen LogP contribution in [0.15, 0.2) is 65.6 Å². The van der Waals surface area contributed by atoms with Crippen molar-refractivity contribution in [2.24, 2.45) is 0 Å². The van der Waals surface area contributed by atoms with Crippen molar-refractivity contribution in [1.29, 1.82) is 0 Å². The number of rotatable bonds is 5. The number of aromatic nitrogens is 1. The van der Waals surface area contributed by atoms with Gasteiger partial charge >= 0.3 is 0 Å². The summed E-state index contributed by atoms with van der Waals surface area (Å²) < 4.78 is 0. The zero-order valence-corrected chi connectivity index (χ0v) is 15.2. The Morgan fingerprint density at radius 1 is 1.00 bits per heavy atom. The van der Waals surface area contributed by atoms with Crippen LogP contribution in [0.5, 0.6) is 0 Å². The number of hydrogen-bond acceptors (Lipinski definition) is 3. The molecule has 5 heteroatoms. The Bertz CT molecular complexity index is 991. The molecule has 1 aliphatic rings. The molecule has 1 unspecified atom stereocenters. The summed E-state index contributed by atoms with van der Waals surface area (Å²) in [6.07, 6.45) is 3.93. The number of aromatic amines is 1. The Kier molecular flexibility index (Phi) is 5.03. The fourth-order valence-corrected chi connectivity index (χ4v) is 3.78. The van der Waals surface area contributed by atoms with E-state index in [2.05, 4.69) is 15.2 Å². The van der Waals surface area contributed by atoms with Crippen molar-refractivity contribution in [3.05, 3.63) is 82.3 Å². The molecule has 1 saturated heterocycles. The van der Waals surface area contributed by atoms with Crippen molar-refractivity contribution in [1.82, 2.24) is 15.2 Å². The predicted molar refractivity (Wildman–Crippen MR) is 107 cm³/mol. The topological polar surface area (TPSA) is 65.2 Å². The van der Waals surface area contributed by atoms with Gasteiger partial charge in [0.1, 0.15) is 0 Å². The average molecular weight is 361 g/mol. The van der Waals surface area contributed by atoms with Crippen molar-refractivity contribution in [3.63, 3.8) is 0 Å². The molecule has 0 saturated carbocycles. The number of nitrogens with zero attached hydrogens (tertiary/aromatic N) is 1. The highest BCUT2D eigenvalue weighted by Gasteiger charge is 2.22. The van der Waals surface area contributed by atoms with Crippen LogP contribution in [0.1, 0.15) is 34.8 Å². The summed E-state index contributed by atoms with van der Waals surface area (Å²) in [5.74, 6) is -0.171. The van der Waals surface area contributed by atoms with Gasteiger partial charge in [0.25, 0.3) is 11.5 Å². The normalized spacial score (nSPS) is 15.7. The molecule has 4 rings (SSSR count). The first-order valence-electron chi connectivity index (χ1n) is 9.41. The summed E-state index contributed by atoms with van der Waals surface area (Å²) in [5.41, 5.74) is 1.40. The van der Waals surface area contributed by atoms with Crippen molar-refractivity contribution in [3.8, 4) is 0 Å². The van der Waals surface area contributed by atoms with Gasteiger partial charge in [-0.05, 0) is 37.6 Å². The molecule has 1 fully saturated rings. The van der Waals surface area contributed by atoms with Crippen molar-refractivity contribution >= 4 is 16.7 Å². The molecule has 1 aliphatic heterocycles. The molecule has 5 nitrogen and oxygen atoms in total. The predicted octanol–water partition coefficient (Wildman–Crippen LogP) is 3.10. The largest absolute Gasteiger partial charge is 0.344 e. The number of benzene rings is 2. The number of H-pyrrole nitrogens is 1. The second-order valence-electron chi connectivity index (χ2n) is 7.02. The summed E-state index contributed by atoms with van der Waals surface area (Å²) in [4.78, 5) is 30.2. The minimum atomic E-state index is -0.182. The smallest absolute Gasteiger partial charge is 0.255 e. The summed E-state index contributed by atoms with van der Waals surface area (Å²) >= 11 is 0. The fourth-order valence-electron chi connectivity index (χ4n) is 3.78. The molecule has 27 heavy (non-hydrogen) atoms. The van der Waals surface area contributed by atoms with Gasteiger partial charge in [-0.25, -0.2) is 0 Å². The van der Waals surface area contributed by atoms with Gasteiger partial charge in [-0.3, -0.25) is 9.59 Å². The summed E-state index contributed by atoms with van der Waals surface area (Å²) in [7, 11) is 0. The van der Waals surface area contributed by atoms with Gasteiger partial charge in [-0.1, -0.05) is 48.5 Å². The Hall–Kier alpha value is -2.92. The fraction of sp³-hybridized carbons (Fsp3) is 0.273. The number of pyridine rings is 1. The van der Waals surface area contributed by atoms with Gasteiger partial charge < -0.3 is 15.2 Å². The molecule has 1 atom stereocenters. The highest BCUT2D eigenvalue weighted by atomic mass is 16.2. The van der Waals surface area contributed by atoms with Crippen molar-refractivity contribution < 1.29 is 4.79 Å². The van der Waals surface area contributed by atoms with Crippen molar-refractivity contribution in [2.45, 2.75) is 18.9 Å². The van der Waals surface area contributed by atoms with Gasteiger partial charge in [-0.15, -0.1) is 0 Å². The van der Waals surface area contributed by atoms with Gasteiger partial charge in [0.15, 0.2) is 0 Å². The number of nitrogens with one attached hydrogen (secondary N) is 2. The summed E-state index contributed by atoms with van der Waals surface area (Å²) in [6, 6.07) is 17.2. The molecule has 1 amide bonds. The molecule has 2 N–H and O–H groups in total. The third-order valence-corrected chi connectivity index (χ3v) is 5.20. The van der Waals surface area contributed by atoms with Crippen LogP contribution in [-0.2, 0) is 0 Å². The lowest BCUT2D eigenvalue weighted by atomic mass is 10.0. The van der Waals surface area contributed by atoms with E-state index in [-0.39, 0.29) is 17.5 Å². The maximum atomic E-state index is 13.1. The Morgan fingerprint density at radius 3 is 2.41 bits per heavy atom. The van der Waals surface area contributed by atoms with E-state index in [4.69, 9.17) is 0 Å². The first-order valence-corrected chi connectivity index (χ1v) is 9.41. The highest BCUT2D eigenvalue weighted by molar-refractivity contribution is 6.06. The molecule has 1 aromatic heterocycles. The monoisotopic (exact) mass is 361 g/mol. The number of likely N-dealkylation sites (tertiary alicyclic amines) is 1. The van der Waals surface area contributed by atoms with Crippen LogP contribution in [0.25, 0.3) is 10.8 Å². The van der Waals surface area contributed by atoms with Crippen LogP contribution in [0.4, 0.5) is 0 Å². The summed E-state index contributed by atoms with van der Waals surface area (Å²) in [6.45, 7) is 2.93. The molecular weight excluding hydrogens is 338 g/mol. The first-order chi connectivity index (χ1) is 13.2. The van der Waals surface area contributed by atoms with Gasteiger partial charge in [0.05, 0.1) is 11.6 Å². The quantitative estimate of drug-likeness (QED) is 0.734. The standard InChI is InChI=1S/C22H23N3O2/c26-21-18-11-5-4-10-17(18)19(14-23-21)22(27)24-20(15-25-12-6-7-13-25)16-8-2-1-3-9-16/h1-5,8-11,14,20H,6-7,12-13,15H2,(H,23,26)(H,24,27). The van der Waals surface area contributed by atoms with E-state index in [1.807, 2.05) is 42.5 Å². The molecule has 138 valence electrons. The zero-order valence-electron chi connectivity index (χ0n) is 15.2. The molecular formula is C22H23N3O2. The second-order valence-corrected chi connectivity index (χ2v) is 7.02. The van der Waals surface area contributed by atoms with E-state index in [1.54, 1.807) is 12.1 Å². The number of fused-ring (bicyclic) bond motifs is 1. The van der Waals surface area contributed by atoms with Crippen LogP contribution in [0, 0.1) is 0 Å². The molecule has 0 aliphatic carbocycles. The van der Waals surface area contributed by atoms with Gasteiger partial charge in [0, 0.05) is 23.5 Å². The van der Waals surface area contributed by atoms with E-state index in [0.717, 1.165) is 25.2 Å². The van der Waals surface area contributed by atoms with E-state index >= 15 is 0 Å². The maximum Gasteiger partial charge on any atom is 0.255 e. The molecule has 2 heterocycles. The van der Waals surface area contributed by atoms with Crippen molar-refractivity contribution in [2.75, 3.05) is 19.6 Å². The Labute approximate surface area is 158 Å². The molecule has 0 radical (unpaired) electrons. The van der Waals surface area contributed by atoms with E-state index in [0.29, 0.717) is 16.3 Å². The minimum Gasteiger partial charge on any atom is -0.344 e. The molecule has 3 aromatic rings. The lowest BCUT2D eigenvalue weighted by Gasteiger charge is -2.25. The number of carbonyl (C=O) groups excluding carboxylic acids is 1. The van der Waals surface area contributed by atoms with Crippen LogP contribution in [-0.4, -0.2) is 35.4 Å². The third kappa shape index (κ3) is 3.78. The van der Waals surface area contributed by atoms with E-state index in [9.17, 15) is 9.59 Å².